The molecular formula is C21H24FN5O2. The fourth-order valence-corrected chi connectivity index (χ4v) is 3.46. The number of rotatable bonds is 5. The summed E-state index contributed by atoms with van der Waals surface area (Å²) in [6.07, 6.45) is 3.64. The second-order valence-electron chi connectivity index (χ2n) is 7.38. The Morgan fingerprint density at radius 1 is 1.21 bits per heavy atom. The van der Waals surface area contributed by atoms with Crippen molar-refractivity contribution < 1.29 is 13.9 Å². The summed E-state index contributed by atoms with van der Waals surface area (Å²) in [5, 5.41) is 7.31. The van der Waals surface area contributed by atoms with Gasteiger partial charge in [0.15, 0.2) is 5.65 Å². The van der Waals surface area contributed by atoms with Crippen LogP contribution >= 0.6 is 0 Å². The zero-order chi connectivity index (χ0) is 20.2. The monoisotopic (exact) mass is 397 g/mol. The Morgan fingerprint density at radius 3 is 2.72 bits per heavy atom. The number of carbonyl (C=O) groups is 1. The highest BCUT2D eigenvalue weighted by Crippen LogP contribution is 2.19. The van der Waals surface area contributed by atoms with Crippen molar-refractivity contribution in [2.75, 3.05) is 19.7 Å². The number of hydrogen-bond donors (Lipinski definition) is 1. The lowest BCUT2D eigenvalue weighted by molar-refractivity contribution is 0.142. The highest BCUT2D eigenvalue weighted by molar-refractivity contribution is 5.74. The fraction of sp³-hybridized carbons (Fsp3) is 0.381. The second kappa shape index (κ2) is 8.46. The summed E-state index contributed by atoms with van der Waals surface area (Å²) in [4.78, 5) is 18.5. The number of ether oxygens (including phenoxy) is 1. The standard InChI is InChI=1S/C21H24FN5O2/c1-15-13-27-19(24-15)6-7-20(25-27)29-14-17-8-10-26(11-9-17)21(28)23-12-16-2-4-18(22)5-3-16/h2-7,13,17H,8-12,14H2,1H3,(H,23,28). The van der Waals surface area contributed by atoms with Gasteiger partial charge in [0, 0.05) is 25.7 Å². The Hall–Kier alpha value is -3.16. The van der Waals surface area contributed by atoms with Gasteiger partial charge in [-0.15, -0.1) is 5.10 Å². The predicted molar refractivity (Wildman–Crippen MR) is 106 cm³/mol. The zero-order valence-electron chi connectivity index (χ0n) is 16.3. The maximum absolute atomic E-state index is 12.9. The van der Waals surface area contributed by atoms with Crippen LogP contribution in [0.15, 0.2) is 42.6 Å². The van der Waals surface area contributed by atoms with Gasteiger partial charge in [-0.1, -0.05) is 12.1 Å². The molecule has 0 radical (unpaired) electrons. The molecule has 0 aliphatic carbocycles. The smallest absolute Gasteiger partial charge is 0.317 e. The van der Waals surface area contributed by atoms with Gasteiger partial charge in [0.2, 0.25) is 5.88 Å². The minimum atomic E-state index is -0.278. The molecule has 0 unspecified atom stereocenters. The van der Waals surface area contributed by atoms with E-state index in [9.17, 15) is 9.18 Å². The van der Waals surface area contributed by atoms with Gasteiger partial charge in [0.05, 0.1) is 18.5 Å². The van der Waals surface area contributed by atoms with E-state index in [4.69, 9.17) is 4.74 Å². The molecule has 2 amide bonds. The fourth-order valence-electron chi connectivity index (χ4n) is 3.46. The number of piperidine rings is 1. The maximum atomic E-state index is 12.9. The van der Waals surface area contributed by atoms with E-state index in [1.807, 2.05) is 30.2 Å². The summed E-state index contributed by atoms with van der Waals surface area (Å²) in [7, 11) is 0. The molecule has 0 bridgehead atoms. The molecule has 4 rings (SSSR count). The summed E-state index contributed by atoms with van der Waals surface area (Å²) < 4.78 is 20.5. The van der Waals surface area contributed by atoms with Crippen molar-refractivity contribution in [2.45, 2.75) is 26.3 Å². The molecule has 1 aromatic carbocycles. The number of hydrogen-bond acceptors (Lipinski definition) is 4. The van der Waals surface area contributed by atoms with Crippen LogP contribution in [0.1, 0.15) is 24.1 Å². The summed E-state index contributed by atoms with van der Waals surface area (Å²) >= 11 is 0. The van der Waals surface area contributed by atoms with Crippen LogP contribution in [0.25, 0.3) is 5.65 Å². The molecule has 2 aromatic heterocycles. The first-order valence-corrected chi connectivity index (χ1v) is 9.80. The number of fused-ring (bicyclic) bond motifs is 1. The summed E-state index contributed by atoms with van der Waals surface area (Å²) in [6.45, 7) is 4.28. The molecule has 0 spiro atoms. The van der Waals surface area contributed by atoms with E-state index in [0.717, 1.165) is 29.7 Å². The molecule has 8 heteroatoms. The Kier molecular flexibility index (Phi) is 5.59. The first kappa shape index (κ1) is 19.2. The number of urea groups is 1. The van der Waals surface area contributed by atoms with Gasteiger partial charge in [-0.3, -0.25) is 0 Å². The Labute approximate surface area is 168 Å². The molecule has 0 saturated carbocycles. The van der Waals surface area contributed by atoms with E-state index in [1.54, 1.807) is 16.6 Å². The number of likely N-dealkylation sites (tertiary alicyclic amines) is 1. The van der Waals surface area contributed by atoms with Crippen molar-refractivity contribution in [3.8, 4) is 5.88 Å². The Balaban J connectivity index is 1.21. The Bertz CT molecular complexity index is 980. The average molecular weight is 397 g/mol. The van der Waals surface area contributed by atoms with Crippen molar-refractivity contribution in [1.29, 1.82) is 0 Å². The van der Waals surface area contributed by atoms with Crippen LogP contribution in [0.5, 0.6) is 5.88 Å². The number of nitrogens with zero attached hydrogens (tertiary/aromatic N) is 4. The number of halogens is 1. The van der Waals surface area contributed by atoms with Gasteiger partial charge < -0.3 is 15.0 Å². The van der Waals surface area contributed by atoms with Crippen LogP contribution in [0.3, 0.4) is 0 Å². The van der Waals surface area contributed by atoms with Gasteiger partial charge in [-0.2, -0.15) is 0 Å². The molecule has 1 aliphatic heterocycles. The molecule has 1 N–H and O–H groups in total. The van der Waals surface area contributed by atoms with E-state index < -0.39 is 0 Å². The first-order valence-electron chi connectivity index (χ1n) is 9.80. The summed E-state index contributed by atoms with van der Waals surface area (Å²) in [5.41, 5.74) is 2.59. The lowest BCUT2D eigenvalue weighted by Gasteiger charge is -2.31. The topological polar surface area (TPSA) is 71.8 Å². The minimum absolute atomic E-state index is 0.0868. The number of aromatic nitrogens is 3. The molecule has 7 nitrogen and oxygen atoms in total. The van der Waals surface area contributed by atoms with Crippen molar-refractivity contribution >= 4 is 11.7 Å². The third-order valence-corrected chi connectivity index (χ3v) is 5.14. The average Bonchev–Trinajstić information content (AvgIpc) is 3.11. The number of carbonyl (C=O) groups excluding carboxylic acids is 1. The molecule has 1 saturated heterocycles. The SMILES string of the molecule is Cc1cn2nc(OCC3CCN(C(=O)NCc4ccc(F)cc4)CC3)ccc2n1. The summed E-state index contributed by atoms with van der Waals surface area (Å²) in [6, 6.07) is 9.78. The van der Waals surface area contributed by atoms with Crippen LogP contribution in [0.2, 0.25) is 0 Å². The first-order chi connectivity index (χ1) is 14.1. The number of aryl methyl sites for hydroxylation is 1. The highest BCUT2D eigenvalue weighted by atomic mass is 19.1. The number of benzene rings is 1. The van der Waals surface area contributed by atoms with Crippen LogP contribution in [-0.4, -0.2) is 45.2 Å². The van der Waals surface area contributed by atoms with E-state index in [1.165, 1.54) is 12.1 Å². The maximum Gasteiger partial charge on any atom is 0.317 e. The molecular weight excluding hydrogens is 373 g/mol. The third kappa shape index (κ3) is 4.82. The van der Waals surface area contributed by atoms with Gasteiger partial charge in [-0.05, 0) is 49.4 Å². The lowest BCUT2D eigenvalue weighted by atomic mass is 9.98. The molecule has 0 atom stereocenters. The van der Waals surface area contributed by atoms with E-state index in [0.29, 0.717) is 38.0 Å². The van der Waals surface area contributed by atoms with Crippen LogP contribution in [0, 0.1) is 18.7 Å². The van der Waals surface area contributed by atoms with Crippen molar-refractivity contribution in [2.24, 2.45) is 5.92 Å². The second-order valence-corrected chi connectivity index (χ2v) is 7.38. The van der Waals surface area contributed by atoms with Crippen molar-refractivity contribution in [3.05, 3.63) is 59.7 Å². The Morgan fingerprint density at radius 2 is 1.97 bits per heavy atom. The number of nitrogens with one attached hydrogen (secondary N) is 1. The minimum Gasteiger partial charge on any atom is -0.476 e. The molecule has 152 valence electrons. The van der Waals surface area contributed by atoms with Crippen LogP contribution < -0.4 is 10.1 Å². The van der Waals surface area contributed by atoms with E-state index >= 15 is 0 Å². The molecule has 1 aliphatic rings. The number of imidazole rings is 1. The van der Waals surface area contributed by atoms with Crippen molar-refractivity contribution in [3.63, 3.8) is 0 Å². The lowest BCUT2D eigenvalue weighted by Crippen LogP contribution is -2.44. The largest absolute Gasteiger partial charge is 0.476 e. The van der Waals surface area contributed by atoms with Crippen molar-refractivity contribution in [1.82, 2.24) is 24.8 Å². The van der Waals surface area contributed by atoms with E-state index in [-0.39, 0.29) is 11.8 Å². The van der Waals surface area contributed by atoms with E-state index in [2.05, 4.69) is 15.4 Å². The normalized spacial score (nSPS) is 14.9. The van der Waals surface area contributed by atoms with Crippen LogP contribution in [0.4, 0.5) is 9.18 Å². The quantitative estimate of drug-likeness (QED) is 0.718. The van der Waals surface area contributed by atoms with Gasteiger partial charge in [0.1, 0.15) is 5.82 Å². The summed E-state index contributed by atoms with van der Waals surface area (Å²) in [5.74, 6) is 0.687. The highest BCUT2D eigenvalue weighted by Gasteiger charge is 2.23. The number of amides is 2. The van der Waals surface area contributed by atoms with Gasteiger partial charge in [-0.25, -0.2) is 18.7 Å². The zero-order valence-corrected chi connectivity index (χ0v) is 16.3. The molecule has 1 fully saturated rings. The molecule has 29 heavy (non-hydrogen) atoms. The third-order valence-electron chi connectivity index (χ3n) is 5.14. The van der Waals surface area contributed by atoms with Gasteiger partial charge in [0.25, 0.3) is 0 Å². The van der Waals surface area contributed by atoms with Crippen LogP contribution in [-0.2, 0) is 6.54 Å². The van der Waals surface area contributed by atoms with Gasteiger partial charge >= 0.3 is 6.03 Å². The molecule has 3 aromatic rings. The predicted octanol–water partition coefficient (Wildman–Crippen LogP) is 3.18. The molecule has 3 heterocycles.